The fourth-order valence-electron chi connectivity index (χ4n) is 4.62. The predicted molar refractivity (Wildman–Crippen MR) is 139 cm³/mol. The molecular weight excluding hydrogens is 476 g/mol. The molecule has 2 aliphatic heterocycles. The van der Waals surface area contributed by atoms with Crippen molar-refractivity contribution >= 4 is 29.1 Å². The van der Waals surface area contributed by atoms with Crippen LogP contribution in [0.4, 0.5) is 0 Å². The molecule has 2 N–H and O–H groups in total. The molecule has 9 heteroatoms. The molecule has 0 saturated carbocycles. The first-order valence-electron chi connectivity index (χ1n) is 12.5. The molecule has 2 aromatic rings. The summed E-state index contributed by atoms with van der Waals surface area (Å²) >= 11 is 1.61. The van der Waals surface area contributed by atoms with E-state index in [1.165, 1.54) is 0 Å². The summed E-state index contributed by atoms with van der Waals surface area (Å²) in [6.45, 7) is 11.2. The summed E-state index contributed by atoms with van der Waals surface area (Å²) in [5, 5.41) is 5.97. The molecule has 3 heterocycles. The van der Waals surface area contributed by atoms with Gasteiger partial charge in [-0.2, -0.15) is 0 Å². The maximum atomic E-state index is 13.6. The zero-order valence-corrected chi connectivity index (χ0v) is 22.5. The van der Waals surface area contributed by atoms with Gasteiger partial charge in [-0.25, -0.2) is 4.98 Å². The first-order chi connectivity index (χ1) is 17.0. The summed E-state index contributed by atoms with van der Waals surface area (Å²) < 4.78 is 5.22. The lowest BCUT2D eigenvalue weighted by Crippen LogP contribution is -2.61. The lowest BCUT2D eigenvalue weighted by molar-refractivity contribution is -0.161. The molecule has 2 aliphatic rings. The maximum Gasteiger partial charge on any atom is 0.246 e. The Morgan fingerprint density at radius 2 is 1.92 bits per heavy atom. The molecule has 0 bridgehead atoms. The minimum Gasteiger partial charge on any atom is -0.379 e. The van der Waals surface area contributed by atoms with Gasteiger partial charge in [0.2, 0.25) is 17.7 Å². The SMILES string of the molecule is Cc1ncsc1-c1ccc(CNC(=O)[C@@H]2CCCN2C(=O)[C@H](NC(=O)C2(C)COC2)C(C)(C)C)cc1. The first kappa shape index (κ1) is 26.3. The van der Waals surface area contributed by atoms with E-state index < -0.39 is 22.9 Å². The molecule has 0 unspecified atom stereocenters. The van der Waals surface area contributed by atoms with Crippen LogP contribution in [0.25, 0.3) is 10.4 Å². The molecule has 1 aromatic heterocycles. The Morgan fingerprint density at radius 3 is 2.47 bits per heavy atom. The van der Waals surface area contributed by atoms with Crippen LogP contribution in [0.2, 0.25) is 0 Å². The number of hydrogen-bond acceptors (Lipinski definition) is 6. The molecule has 2 saturated heterocycles. The number of carbonyl (C=O) groups is 3. The van der Waals surface area contributed by atoms with Crippen LogP contribution in [0.5, 0.6) is 0 Å². The molecule has 1 aromatic carbocycles. The van der Waals surface area contributed by atoms with Gasteiger partial charge in [0.05, 0.1) is 34.7 Å². The van der Waals surface area contributed by atoms with Crippen molar-refractivity contribution < 1.29 is 19.1 Å². The Morgan fingerprint density at radius 1 is 1.22 bits per heavy atom. The molecule has 2 fully saturated rings. The molecule has 36 heavy (non-hydrogen) atoms. The van der Waals surface area contributed by atoms with Crippen LogP contribution in [-0.4, -0.2) is 59.4 Å². The predicted octanol–water partition coefficient (Wildman–Crippen LogP) is 3.29. The lowest BCUT2D eigenvalue weighted by atomic mass is 9.82. The third-order valence-corrected chi connectivity index (χ3v) is 8.02. The van der Waals surface area contributed by atoms with Crippen molar-refractivity contribution in [1.29, 1.82) is 0 Å². The van der Waals surface area contributed by atoms with E-state index in [0.29, 0.717) is 32.7 Å². The molecular formula is C27H36N4O4S. The van der Waals surface area contributed by atoms with E-state index in [2.05, 4.69) is 15.6 Å². The van der Waals surface area contributed by atoms with Gasteiger partial charge in [0, 0.05) is 13.1 Å². The minimum absolute atomic E-state index is 0.165. The number of benzene rings is 1. The van der Waals surface area contributed by atoms with Crippen LogP contribution in [-0.2, 0) is 25.7 Å². The van der Waals surface area contributed by atoms with E-state index in [0.717, 1.165) is 28.1 Å². The van der Waals surface area contributed by atoms with Crippen molar-refractivity contribution in [2.75, 3.05) is 19.8 Å². The number of carbonyl (C=O) groups excluding carboxylic acids is 3. The molecule has 194 valence electrons. The molecule has 4 rings (SSSR count). The second kappa shape index (κ2) is 10.3. The van der Waals surface area contributed by atoms with Crippen molar-refractivity contribution in [3.63, 3.8) is 0 Å². The lowest BCUT2D eigenvalue weighted by Gasteiger charge is -2.40. The Kier molecular flexibility index (Phi) is 7.52. The van der Waals surface area contributed by atoms with Gasteiger partial charge in [0.1, 0.15) is 12.1 Å². The fraction of sp³-hybridized carbons (Fsp3) is 0.556. The first-order valence-corrected chi connectivity index (χ1v) is 13.3. The molecule has 8 nitrogen and oxygen atoms in total. The third kappa shape index (κ3) is 5.47. The monoisotopic (exact) mass is 512 g/mol. The van der Waals surface area contributed by atoms with Gasteiger partial charge in [-0.3, -0.25) is 14.4 Å². The number of nitrogens with zero attached hydrogens (tertiary/aromatic N) is 2. The Bertz CT molecular complexity index is 1120. The average Bonchev–Trinajstić information content (AvgIpc) is 3.47. The number of nitrogens with one attached hydrogen (secondary N) is 2. The van der Waals surface area contributed by atoms with Crippen LogP contribution in [0.15, 0.2) is 29.8 Å². The van der Waals surface area contributed by atoms with Crippen molar-refractivity contribution in [3.8, 4) is 10.4 Å². The van der Waals surface area contributed by atoms with Crippen molar-refractivity contribution in [3.05, 3.63) is 41.0 Å². The van der Waals surface area contributed by atoms with Crippen LogP contribution in [0.3, 0.4) is 0 Å². The number of amides is 3. The highest BCUT2D eigenvalue weighted by molar-refractivity contribution is 7.13. The van der Waals surface area contributed by atoms with Gasteiger partial charge in [0.15, 0.2) is 0 Å². The second-order valence-electron chi connectivity index (χ2n) is 11.2. The largest absolute Gasteiger partial charge is 0.379 e. The van der Waals surface area contributed by atoms with Gasteiger partial charge in [-0.15, -0.1) is 11.3 Å². The van der Waals surface area contributed by atoms with E-state index >= 15 is 0 Å². The smallest absolute Gasteiger partial charge is 0.246 e. The Labute approximate surface area is 216 Å². The van der Waals surface area contributed by atoms with Crippen molar-refractivity contribution in [1.82, 2.24) is 20.5 Å². The minimum atomic E-state index is -0.724. The van der Waals surface area contributed by atoms with E-state index in [1.54, 1.807) is 16.2 Å². The van der Waals surface area contributed by atoms with Crippen LogP contribution in [0.1, 0.15) is 51.8 Å². The zero-order chi connectivity index (χ0) is 26.1. The van der Waals surface area contributed by atoms with Gasteiger partial charge in [0.25, 0.3) is 0 Å². The highest BCUT2D eigenvalue weighted by Gasteiger charge is 2.46. The summed E-state index contributed by atoms with van der Waals surface area (Å²) in [5.41, 5.74) is 3.82. The average molecular weight is 513 g/mol. The quantitative estimate of drug-likeness (QED) is 0.593. The van der Waals surface area contributed by atoms with Crippen molar-refractivity contribution in [2.24, 2.45) is 10.8 Å². The van der Waals surface area contributed by atoms with E-state index in [-0.39, 0.29) is 17.7 Å². The van der Waals surface area contributed by atoms with Crippen LogP contribution < -0.4 is 10.6 Å². The van der Waals surface area contributed by atoms with Gasteiger partial charge in [-0.1, -0.05) is 45.0 Å². The maximum absolute atomic E-state index is 13.6. The number of likely N-dealkylation sites (tertiary alicyclic amines) is 1. The number of aryl methyl sites for hydroxylation is 1. The molecule has 0 spiro atoms. The number of ether oxygens (including phenoxy) is 1. The summed E-state index contributed by atoms with van der Waals surface area (Å²) in [7, 11) is 0. The number of aromatic nitrogens is 1. The normalized spacial score (nSPS) is 19.9. The molecule has 3 amide bonds. The number of thiazole rings is 1. The van der Waals surface area contributed by atoms with Gasteiger partial charge < -0.3 is 20.3 Å². The fourth-order valence-corrected chi connectivity index (χ4v) is 5.43. The van der Waals surface area contributed by atoms with E-state index in [4.69, 9.17) is 4.74 Å². The highest BCUT2D eigenvalue weighted by Crippen LogP contribution is 2.31. The van der Waals surface area contributed by atoms with Gasteiger partial charge >= 0.3 is 0 Å². The van der Waals surface area contributed by atoms with Crippen LogP contribution in [0, 0.1) is 17.8 Å². The molecule has 2 atom stereocenters. The second-order valence-corrected chi connectivity index (χ2v) is 12.1. The van der Waals surface area contributed by atoms with E-state index in [9.17, 15) is 14.4 Å². The van der Waals surface area contributed by atoms with Crippen molar-refractivity contribution in [2.45, 2.75) is 66.1 Å². The van der Waals surface area contributed by atoms with Gasteiger partial charge in [-0.05, 0) is 43.2 Å². The third-order valence-electron chi connectivity index (χ3n) is 7.04. The summed E-state index contributed by atoms with van der Waals surface area (Å²) in [6, 6.07) is 6.82. The Hall–Kier alpha value is -2.78. The molecule has 0 aliphatic carbocycles. The number of hydrogen-bond donors (Lipinski definition) is 2. The standard InChI is InChI=1S/C27H36N4O4S/c1-17-21(36-16-29-17)19-10-8-18(9-11-19)13-28-23(32)20-7-6-12-31(20)24(33)22(26(2,3)4)30-25(34)27(5)14-35-15-27/h8-11,16,20,22H,6-7,12-15H2,1-5H3,(H,28,32)(H,30,34)/t20-,22-/m0/s1. The summed E-state index contributed by atoms with van der Waals surface area (Å²) in [6.07, 6.45) is 1.36. The summed E-state index contributed by atoms with van der Waals surface area (Å²) in [5.74, 6) is -0.553. The summed E-state index contributed by atoms with van der Waals surface area (Å²) in [4.78, 5) is 46.7. The topological polar surface area (TPSA) is 101 Å². The zero-order valence-electron chi connectivity index (χ0n) is 21.7. The van der Waals surface area contributed by atoms with E-state index in [1.807, 2.05) is 64.4 Å². The highest BCUT2D eigenvalue weighted by atomic mass is 32.1. The molecule has 0 radical (unpaired) electrons. The number of rotatable bonds is 7. The Balaban J connectivity index is 1.39. The van der Waals surface area contributed by atoms with Crippen LogP contribution >= 0.6 is 11.3 Å².